The van der Waals surface area contributed by atoms with Gasteiger partial charge in [0.2, 0.25) is 0 Å². The van der Waals surface area contributed by atoms with Crippen LogP contribution in [0.4, 0.5) is 0 Å². The van der Waals surface area contributed by atoms with Crippen LogP contribution in [0.2, 0.25) is 0 Å². The highest BCUT2D eigenvalue weighted by atomic mass is 16.3. The Labute approximate surface area is 171 Å². The van der Waals surface area contributed by atoms with Crippen LogP contribution in [0.15, 0.2) is 57.4 Å². The van der Waals surface area contributed by atoms with Gasteiger partial charge in [-0.15, -0.1) is 0 Å². The van der Waals surface area contributed by atoms with E-state index in [1.54, 1.807) is 0 Å². The largest absolute Gasteiger partial charge is 0.511 e. The molecule has 0 saturated heterocycles. The van der Waals surface area contributed by atoms with Crippen molar-refractivity contribution in [2.45, 2.75) is 76.2 Å². The number of carbonyl (C=O) groups excluding carboxylic acids is 1. The van der Waals surface area contributed by atoms with Crippen LogP contribution in [0, 0.1) is 22.2 Å². The summed E-state index contributed by atoms with van der Waals surface area (Å²) in [5, 5.41) is 11.4. The van der Waals surface area contributed by atoms with Crippen molar-refractivity contribution in [1.82, 2.24) is 0 Å². The van der Waals surface area contributed by atoms with E-state index in [2.05, 4.69) is 81.4 Å². The highest BCUT2D eigenvalue weighted by Crippen LogP contribution is 2.49. The lowest BCUT2D eigenvalue weighted by molar-refractivity contribution is -0.113. The van der Waals surface area contributed by atoms with Gasteiger partial charge in [-0.2, -0.15) is 0 Å². The van der Waals surface area contributed by atoms with Gasteiger partial charge in [-0.05, 0) is 70.1 Å². The summed E-state index contributed by atoms with van der Waals surface area (Å²) in [5.41, 5.74) is 5.43. The standard InChI is InChI=1S/C26H38O2/c1-15-13-18(24(3,4)5)23(28)21(26(9,10)11)20(15)17-12-16(2)22(27)19(14-17)25(6,7)8/h12-14,21,28H,1-11H3. The summed E-state index contributed by atoms with van der Waals surface area (Å²) < 4.78 is 0. The maximum atomic E-state index is 12.8. The van der Waals surface area contributed by atoms with E-state index in [1.165, 1.54) is 5.57 Å². The zero-order valence-electron chi connectivity index (χ0n) is 19.7. The molecule has 0 aliphatic heterocycles. The predicted octanol–water partition coefficient (Wildman–Crippen LogP) is 7.26. The summed E-state index contributed by atoms with van der Waals surface area (Å²) in [7, 11) is 0. The molecule has 0 spiro atoms. The molecule has 28 heavy (non-hydrogen) atoms. The number of rotatable bonds is 0. The van der Waals surface area contributed by atoms with Crippen molar-refractivity contribution in [3.05, 3.63) is 57.4 Å². The van der Waals surface area contributed by atoms with Crippen LogP contribution in [0.1, 0.15) is 76.2 Å². The van der Waals surface area contributed by atoms with Crippen molar-refractivity contribution < 1.29 is 9.90 Å². The second-order valence-electron chi connectivity index (χ2n) is 11.5. The van der Waals surface area contributed by atoms with E-state index < -0.39 is 0 Å². The first-order chi connectivity index (χ1) is 12.5. The van der Waals surface area contributed by atoms with Gasteiger partial charge >= 0.3 is 0 Å². The van der Waals surface area contributed by atoms with Crippen LogP contribution < -0.4 is 0 Å². The monoisotopic (exact) mass is 382 g/mol. The van der Waals surface area contributed by atoms with Gasteiger partial charge < -0.3 is 5.11 Å². The summed E-state index contributed by atoms with van der Waals surface area (Å²) in [6.07, 6.45) is 6.18. The summed E-state index contributed by atoms with van der Waals surface area (Å²) in [6.45, 7) is 23.2. The smallest absolute Gasteiger partial charge is 0.185 e. The maximum Gasteiger partial charge on any atom is 0.185 e. The molecule has 0 fully saturated rings. The Kier molecular flexibility index (Phi) is 5.53. The first kappa shape index (κ1) is 22.5. The Morgan fingerprint density at radius 1 is 0.786 bits per heavy atom. The van der Waals surface area contributed by atoms with Crippen molar-refractivity contribution in [2.75, 3.05) is 0 Å². The van der Waals surface area contributed by atoms with Crippen LogP contribution in [-0.4, -0.2) is 10.9 Å². The Balaban J connectivity index is 2.86. The molecule has 2 heteroatoms. The van der Waals surface area contributed by atoms with Gasteiger partial charge in [0.1, 0.15) is 5.76 Å². The van der Waals surface area contributed by atoms with Gasteiger partial charge in [-0.3, -0.25) is 4.79 Å². The van der Waals surface area contributed by atoms with Crippen LogP contribution in [-0.2, 0) is 4.79 Å². The van der Waals surface area contributed by atoms with Gasteiger partial charge in [0.15, 0.2) is 5.78 Å². The maximum absolute atomic E-state index is 12.8. The normalized spacial score (nSPS) is 24.9. The molecule has 0 radical (unpaired) electrons. The second kappa shape index (κ2) is 6.90. The molecule has 1 N–H and O–H groups in total. The molecule has 0 aromatic carbocycles. The number of ketones is 1. The van der Waals surface area contributed by atoms with E-state index in [4.69, 9.17) is 0 Å². The fourth-order valence-corrected chi connectivity index (χ4v) is 4.21. The molecule has 2 nitrogen and oxygen atoms in total. The number of hydrogen-bond acceptors (Lipinski definition) is 2. The van der Waals surface area contributed by atoms with Gasteiger partial charge in [-0.25, -0.2) is 0 Å². The molecule has 0 bridgehead atoms. The van der Waals surface area contributed by atoms with Crippen molar-refractivity contribution in [3.8, 4) is 0 Å². The molecule has 0 aromatic heterocycles. The average molecular weight is 383 g/mol. The highest BCUT2D eigenvalue weighted by molar-refractivity contribution is 6.10. The number of allylic oxidation sites excluding steroid dienone is 9. The van der Waals surface area contributed by atoms with E-state index in [-0.39, 0.29) is 27.9 Å². The van der Waals surface area contributed by atoms with Crippen LogP contribution in [0.25, 0.3) is 0 Å². The van der Waals surface area contributed by atoms with Crippen molar-refractivity contribution in [3.63, 3.8) is 0 Å². The summed E-state index contributed by atoms with van der Waals surface area (Å²) >= 11 is 0. The average Bonchev–Trinajstić information content (AvgIpc) is 2.48. The Morgan fingerprint density at radius 3 is 1.75 bits per heavy atom. The van der Waals surface area contributed by atoms with Crippen LogP contribution >= 0.6 is 0 Å². The number of hydrogen-bond donors (Lipinski definition) is 1. The fraction of sp³-hybridized carbons (Fsp3) is 0.577. The molecule has 2 rings (SSSR count). The molecule has 1 unspecified atom stereocenters. The SMILES string of the molecule is CC1=CC(=C2C(C)=CC(C(C)(C)C)=C(O)C2C(C)(C)C)C=C(C(C)(C)C)C1=O. The quantitative estimate of drug-likeness (QED) is 0.478. The molecule has 154 valence electrons. The fourth-order valence-electron chi connectivity index (χ4n) is 4.21. The molecule has 0 aromatic rings. The molecule has 0 amide bonds. The lowest BCUT2D eigenvalue weighted by Gasteiger charge is -2.40. The van der Waals surface area contributed by atoms with Gasteiger partial charge in [-0.1, -0.05) is 68.4 Å². The lowest BCUT2D eigenvalue weighted by atomic mass is 9.65. The molecular formula is C26H38O2. The van der Waals surface area contributed by atoms with E-state index in [0.29, 0.717) is 5.76 Å². The van der Waals surface area contributed by atoms with Gasteiger partial charge in [0, 0.05) is 11.5 Å². The topological polar surface area (TPSA) is 37.3 Å². The van der Waals surface area contributed by atoms with Crippen LogP contribution in [0.3, 0.4) is 0 Å². The zero-order valence-corrected chi connectivity index (χ0v) is 19.7. The Bertz CT molecular complexity index is 848. The number of aliphatic hydroxyl groups is 1. The van der Waals surface area contributed by atoms with E-state index in [9.17, 15) is 9.90 Å². The second-order valence-corrected chi connectivity index (χ2v) is 11.5. The van der Waals surface area contributed by atoms with E-state index >= 15 is 0 Å². The molecule has 0 saturated carbocycles. The first-order valence-corrected chi connectivity index (χ1v) is 10.3. The summed E-state index contributed by atoms with van der Waals surface area (Å²) in [5.74, 6) is 0.468. The van der Waals surface area contributed by atoms with Crippen LogP contribution in [0.5, 0.6) is 0 Å². The van der Waals surface area contributed by atoms with Crippen molar-refractivity contribution in [2.24, 2.45) is 22.2 Å². The third kappa shape index (κ3) is 4.11. The molecular weight excluding hydrogens is 344 g/mol. The summed E-state index contributed by atoms with van der Waals surface area (Å²) in [4.78, 5) is 12.8. The van der Waals surface area contributed by atoms with E-state index in [0.717, 1.165) is 27.9 Å². The minimum atomic E-state index is -0.226. The molecule has 1 atom stereocenters. The molecule has 2 aliphatic rings. The summed E-state index contributed by atoms with van der Waals surface area (Å²) in [6, 6.07) is 0. The minimum absolute atomic E-state index is 0.114. The molecule has 0 heterocycles. The minimum Gasteiger partial charge on any atom is -0.511 e. The first-order valence-electron chi connectivity index (χ1n) is 10.3. The Hall–Kier alpha value is -1.83. The van der Waals surface area contributed by atoms with Crippen molar-refractivity contribution in [1.29, 1.82) is 0 Å². The zero-order chi connectivity index (χ0) is 21.8. The third-order valence-corrected chi connectivity index (χ3v) is 5.69. The number of carbonyl (C=O) groups is 1. The van der Waals surface area contributed by atoms with Gasteiger partial charge in [0.25, 0.3) is 0 Å². The van der Waals surface area contributed by atoms with Gasteiger partial charge in [0.05, 0.1) is 0 Å². The highest BCUT2D eigenvalue weighted by Gasteiger charge is 2.40. The predicted molar refractivity (Wildman–Crippen MR) is 119 cm³/mol. The third-order valence-electron chi connectivity index (χ3n) is 5.69. The lowest BCUT2D eigenvalue weighted by Crippen LogP contribution is -2.31. The Morgan fingerprint density at radius 2 is 1.32 bits per heavy atom. The number of aliphatic hydroxyl groups excluding tert-OH is 1. The van der Waals surface area contributed by atoms with Crippen molar-refractivity contribution >= 4 is 5.78 Å². The molecule has 2 aliphatic carbocycles. The number of Topliss-reactive ketones (excluding diaryl/α,β-unsaturated/α-hetero) is 1. The van der Waals surface area contributed by atoms with E-state index in [1.807, 2.05) is 13.0 Å².